The van der Waals surface area contributed by atoms with E-state index in [9.17, 15) is 4.39 Å². The second-order valence-electron chi connectivity index (χ2n) is 3.26. The Labute approximate surface area is 87.1 Å². The van der Waals surface area contributed by atoms with Crippen LogP contribution in [0.2, 0.25) is 0 Å². The van der Waals surface area contributed by atoms with Gasteiger partial charge < -0.3 is 4.74 Å². The highest BCUT2D eigenvalue weighted by Crippen LogP contribution is 2.10. The average Bonchev–Trinajstić information content (AvgIpc) is 2.64. The molecule has 0 aliphatic carbocycles. The van der Waals surface area contributed by atoms with Crippen molar-refractivity contribution in [1.82, 2.24) is 9.78 Å². The van der Waals surface area contributed by atoms with Crippen molar-refractivity contribution in [2.75, 3.05) is 0 Å². The zero-order valence-electron chi connectivity index (χ0n) is 8.35. The number of aromatic nitrogens is 2. The van der Waals surface area contributed by atoms with Gasteiger partial charge in [0.15, 0.2) is 5.75 Å². The van der Waals surface area contributed by atoms with Crippen molar-refractivity contribution in [1.29, 1.82) is 0 Å². The van der Waals surface area contributed by atoms with Gasteiger partial charge in [0, 0.05) is 7.05 Å². The Kier molecular flexibility index (Phi) is 2.67. The smallest absolute Gasteiger partial charge is 0.157 e. The minimum Gasteiger partial charge on any atom is -0.486 e. The molecule has 0 saturated heterocycles. The highest BCUT2D eigenvalue weighted by molar-refractivity contribution is 5.17. The Morgan fingerprint density at radius 2 is 2.07 bits per heavy atom. The zero-order valence-corrected chi connectivity index (χ0v) is 8.35. The molecule has 0 bridgehead atoms. The monoisotopic (exact) mass is 206 g/mol. The van der Waals surface area contributed by atoms with Gasteiger partial charge in [-0.15, -0.1) is 0 Å². The summed E-state index contributed by atoms with van der Waals surface area (Å²) in [5, 5.41) is 3.97. The molecule has 3 nitrogen and oxygen atoms in total. The van der Waals surface area contributed by atoms with Gasteiger partial charge in [0.1, 0.15) is 12.4 Å². The lowest BCUT2D eigenvalue weighted by molar-refractivity contribution is 0.306. The first-order chi connectivity index (χ1) is 7.24. The molecule has 0 aliphatic heterocycles. The van der Waals surface area contributed by atoms with Crippen molar-refractivity contribution in [2.24, 2.45) is 7.05 Å². The van der Waals surface area contributed by atoms with Crippen LogP contribution < -0.4 is 4.74 Å². The summed E-state index contributed by atoms with van der Waals surface area (Å²) >= 11 is 0. The van der Waals surface area contributed by atoms with E-state index < -0.39 is 0 Å². The largest absolute Gasteiger partial charge is 0.486 e. The Bertz CT molecular complexity index is 436. The lowest BCUT2D eigenvalue weighted by atomic mass is 10.2. The molecule has 0 unspecified atom stereocenters. The first kappa shape index (κ1) is 9.71. The van der Waals surface area contributed by atoms with E-state index in [4.69, 9.17) is 4.74 Å². The summed E-state index contributed by atoms with van der Waals surface area (Å²) in [5.41, 5.74) is 0.931. The summed E-state index contributed by atoms with van der Waals surface area (Å²) in [5.74, 6) is 0.474. The second-order valence-corrected chi connectivity index (χ2v) is 3.26. The summed E-state index contributed by atoms with van der Waals surface area (Å²) in [6.45, 7) is 0.423. The Morgan fingerprint density at radius 1 is 1.33 bits per heavy atom. The predicted molar refractivity (Wildman–Crippen MR) is 53.9 cm³/mol. The van der Waals surface area contributed by atoms with Crippen LogP contribution in [0.1, 0.15) is 5.56 Å². The van der Waals surface area contributed by atoms with E-state index in [0.29, 0.717) is 12.4 Å². The van der Waals surface area contributed by atoms with E-state index in [1.165, 1.54) is 12.1 Å². The number of aryl methyl sites for hydroxylation is 1. The topological polar surface area (TPSA) is 27.1 Å². The molecular formula is C11H11FN2O. The van der Waals surface area contributed by atoms with Gasteiger partial charge in [-0.05, 0) is 17.7 Å². The van der Waals surface area contributed by atoms with E-state index in [2.05, 4.69) is 5.10 Å². The molecule has 78 valence electrons. The SMILES string of the molecule is Cn1cc(OCc2ccc(F)cc2)cn1. The Hall–Kier alpha value is -1.84. The number of rotatable bonds is 3. The maximum Gasteiger partial charge on any atom is 0.157 e. The van der Waals surface area contributed by atoms with Crippen LogP contribution in [-0.4, -0.2) is 9.78 Å². The third-order valence-electron chi connectivity index (χ3n) is 2.00. The predicted octanol–water partition coefficient (Wildman–Crippen LogP) is 2.14. The summed E-state index contributed by atoms with van der Waals surface area (Å²) in [6.07, 6.45) is 3.42. The minimum atomic E-state index is -0.236. The first-order valence-corrected chi connectivity index (χ1v) is 4.60. The Balaban J connectivity index is 1.96. The Morgan fingerprint density at radius 3 is 2.67 bits per heavy atom. The van der Waals surface area contributed by atoms with E-state index in [-0.39, 0.29) is 5.82 Å². The lowest BCUT2D eigenvalue weighted by Gasteiger charge is -2.02. The summed E-state index contributed by atoms with van der Waals surface area (Å²) < 4.78 is 19.7. The summed E-state index contributed by atoms with van der Waals surface area (Å²) in [6, 6.07) is 6.24. The molecule has 1 heterocycles. The molecule has 0 amide bonds. The van der Waals surface area contributed by atoms with Crippen LogP contribution in [0.25, 0.3) is 0 Å². The van der Waals surface area contributed by atoms with E-state index in [1.54, 1.807) is 29.2 Å². The molecule has 0 atom stereocenters. The highest BCUT2D eigenvalue weighted by Gasteiger charge is 1.98. The molecule has 15 heavy (non-hydrogen) atoms. The van der Waals surface area contributed by atoms with Gasteiger partial charge in [0.2, 0.25) is 0 Å². The van der Waals surface area contributed by atoms with Gasteiger partial charge >= 0.3 is 0 Å². The molecule has 0 saturated carbocycles. The van der Waals surface area contributed by atoms with Crippen LogP contribution in [0, 0.1) is 5.82 Å². The van der Waals surface area contributed by atoms with Crippen molar-refractivity contribution >= 4 is 0 Å². The van der Waals surface area contributed by atoms with Gasteiger partial charge in [-0.25, -0.2) is 4.39 Å². The molecule has 1 aromatic heterocycles. The van der Waals surface area contributed by atoms with Crippen molar-refractivity contribution in [3.05, 3.63) is 48.0 Å². The maximum absolute atomic E-state index is 12.6. The lowest BCUT2D eigenvalue weighted by Crippen LogP contribution is -1.94. The van der Waals surface area contributed by atoms with Gasteiger partial charge in [-0.1, -0.05) is 12.1 Å². The first-order valence-electron chi connectivity index (χ1n) is 4.60. The number of nitrogens with zero attached hydrogens (tertiary/aromatic N) is 2. The minimum absolute atomic E-state index is 0.236. The number of benzene rings is 1. The number of hydrogen-bond donors (Lipinski definition) is 0. The summed E-state index contributed by atoms with van der Waals surface area (Å²) in [7, 11) is 1.82. The molecule has 2 rings (SSSR count). The van der Waals surface area contributed by atoms with Crippen LogP contribution in [0.4, 0.5) is 4.39 Å². The van der Waals surface area contributed by atoms with Crippen molar-refractivity contribution < 1.29 is 9.13 Å². The van der Waals surface area contributed by atoms with Gasteiger partial charge in [-0.3, -0.25) is 4.68 Å². The standard InChI is InChI=1S/C11H11FN2O/c1-14-7-11(6-13-14)15-8-9-2-4-10(12)5-3-9/h2-7H,8H2,1H3. The van der Waals surface area contributed by atoms with E-state index >= 15 is 0 Å². The van der Waals surface area contributed by atoms with Crippen LogP contribution in [0.15, 0.2) is 36.7 Å². The quantitative estimate of drug-likeness (QED) is 0.769. The van der Waals surface area contributed by atoms with Gasteiger partial charge in [-0.2, -0.15) is 5.10 Å². The third-order valence-corrected chi connectivity index (χ3v) is 2.00. The zero-order chi connectivity index (χ0) is 10.7. The highest BCUT2D eigenvalue weighted by atomic mass is 19.1. The maximum atomic E-state index is 12.6. The fourth-order valence-electron chi connectivity index (χ4n) is 1.22. The fourth-order valence-corrected chi connectivity index (χ4v) is 1.22. The molecule has 0 radical (unpaired) electrons. The van der Waals surface area contributed by atoms with Crippen LogP contribution >= 0.6 is 0 Å². The van der Waals surface area contributed by atoms with Crippen molar-refractivity contribution in [3.63, 3.8) is 0 Å². The van der Waals surface area contributed by atoms with Crippen molar-refractivity contribution in [2.45, 2.75) is 6.61 Å². The number of halogens is 1. The van der Waals surface area contributed by atoms with Gasteiger partial charge in [0.05, 0.1) is 12.4 Å². The molecule has 2 aromatic rings. The molecule has 0 spiro atoms. The van der Waals surface area contributed by atoms with Crippen LogP contribution in [0.3, 0.4) is 0 Å². The molecule has 0 N–H and O–H groups in total. The molecule has 4 heteroatoms. The van der Waals surface area contributed by atoms with Crippen LogP contribution in [0.5, 0.6) is 5.75 Å². The third kappa shape index (κ3) is 2.56. The normalized spacial score (nSPS) is 10.3. The molecular weight excluding hydrogens is 195 g/mol. The van der Waals surface area contributed by atoms with Gasteiger partial charge in [0.25, 0.3) is 0 Å². The molecule has 1 aromatic carbocycles. The van der Waals surface area contributed by atoms with Crippen molar-refractivity contribution in [3.8, 4) is 5.75 Å². The van der Waals surface area contributed by atoms with E-state index in [1.807, 2.05) is 7.05 Å². The fraction of sp³-hybridized carbons (Fsp3) is 0.182. The summed E-state index contributed by atoms with van der Waals surface area (Å²) in [4.78, 5) is 0. The molecule has 0 fully saturated rings. The molecule has 0 aliphatic rings. The van der Waals surface area contributed by atoms with Crippen LogP contribution in [-0.2, 0) is 13.7 Å². The van der Waals surface area contributed by atoms with E-state index in [0.717, 1.165) is 5.56 Å². The number of hydrogen-bond acceptors (Lipinski definition) is 2. The average molecular weight is 206 g/mol. The second kappa shape index (κ2) is 4.13. The number of ether oxygens (including phenoxy) is 1.